The molecular weight excluding hydrogens is 586 g/mol. The number of aliphatic hydroxyl groups excluding tert-OH is 1. The SMILES string of the molecule is CCCCCCCCCCCCCCCCCC(=O)OC(C)(OC(=O)CCCCCCCCCCCCCCCCC)N(C)CCO. The Morgan fingerprint density at radius 3 is 0.936 bits per heavy atom. The van der Waals surface area contributed by atoms with Gasteiger partial charge in [-0.25, -0.2) is 4.90 Å². The molecule has 0 rings (SSSR count). The summed E-state index contributed by atoms with van der Waals surface area (Å²) in [5.41, 5.74) is 0. The second-order valence-electron chi connectivity index (χ2n) is 14.4. The number of likely N-dealkylation sites (N-methyl/N-ethyl adjacent to an activating group) is 1. The summed E-state index contributed by atoms with van der Waals surface area (Å²) in [7, 11) is 1.71. The summed E-state index contributed by atoms with van der Waals surface area (Å²) in [6.45, 7) is 6.28. The van der Waals surface area contributed by atoms with Gasteiger partial charge in [-0.05, 0) is 19.9 Å². The van der Waals surface area contributed by atoms with Crippen molar-refractivity contribution >= 4 is 11.9 Å². The number of nitrogens with zero attached hydrogens (tertiary/aromatic N) is 1. The number of rotatable bonds is 37. The monoisotopic (exact) mass is 668 g/mol. The fraction of sp³-hybridized carbons (Fsp3) is 0.951. The predicted octanol–water partition coefficient (Wildman–Crippen LogP) is 12.2. The average molecular weight is 668 g/mol. The molecule has 0 bridgehead atoms. The van der Waals surface area contributed by atoms with Crippen LogP contribution in [0.4, 0.5) is 0 Å². The van der Waals surface area contributed by atoms with Crippen LogP contribution >= 0.6 is 0 Å². The lowest BCUT2D eigenvalue weighted by Crippen LogP contribution is -2.51. The number of ether oxygens (including phenoxy) is 2. The first-order valence-electron chi connectivity index (χ1n) is 20.6. The van der Waals surface area contributed by atoms with E-state index in [0.717, 1.165) is 38.5 Å². The van der Waals surface area contributed by atoms with Crippen LogP contribution in [0.25, 0.3) is 0 Å². The van der Waals surface area contributed by atoms with Gasteiger partial charge in [0.15, 0.2) is 0 Å². The third kappa shape index (κ3) is 30.6. The highest BCUT2D eigenvalue weighted by atomic mass is 16.8. The molecule has 1 N–H and O–H groups in total. The van der Waals surface area contributed by atoms with Crippen LogP contribution < -0.4 is 0 Å². The molecule has 0 aromatic carbocycles. The maximum Gasteiger partial charge on any atom is 0.317 e. The summed E-state index contributed by atoms with van der Waals surface area (Å²) in [4.78, 5) is 27.0. The zero-order valence-corrected chi connectivity index (χ0v) is 32.1. The van der Waals surface area contributed by atoms with Crippen molar-refractivity contribution in [3.8, 4) is 0 Å². The lowest BCUT2D eigenvalue weighted by molar-refractivity contribution is -0.275. The van der Waals surface area contributed by atoms with Crippen molar-refractivity contribution in [3.63, 3.8) is 0 Å². The zero-order valence-electron chi connectivity index (χ0n) is 32.1. The van der Waals surface area contributed by atoms with E-state index in [1.54, 1.807) is 18.9 Å². The molecule has 0 aromatic rings. The molecule has 0 spiro atoms. The molecule has 0 aliphatic carbocycles. The molecule has 0 atom stereocenters. The van der Waals surface area contributed by atoms with Crippen LogP contribution in [0.15, 0.2) is 0 Å². The van der Waals surface area contributed by atoms with Gasteiger partial charge in [-0.3, -0.25) is 9.59 Å². The highest BCUT2D eigenvalue weighted by Gasteiger charge is 2.37. The fourth-order valence-electron chi connectivity index (χ4n) is 6.34. The summed E-state index contributed by atoms with van der Waals surface area (Å²) in [5, 5.41) is 9.45. The van der Waals surface area contributed by atoms with Gasteiger partial charge in [0, 0.05) is 26.3 Å². The van der Waals surface area contributed by atoms with Crippen molar-refractivity contribution in [2.45, 2.75) is 232 Å². The molecule has 0 saturated carbocycles. The highest BCUT2D eigenvalue weighted by Crippen LogP contribution is 2.21. The van der Waals surface area contributed by atoms with Crippen LogP contribution in [0.1, 0.15) is 226 Å². The minimum atomic E-state index is -1.50. The molecule has 0 aliphatic rings. The van der Waals surface area contributed by atoms with Gasteiger partial charge in [-0.15, -0.1) is 0 Å². The van der Waals surface area contributed by atoms with E-state index in [0.29, 0.717) is 12.8 Å². The van der Waals surface area contributed by atoms with Crippen molar-refractivity contribution in [3.05, 3.63) is 0 Å². The van der Waals surface area contributed by atoms with Crippen LogP contribution in [0.3, 0.4) is 0 Å². The van der Waals surface area contributed by atoms with Crippen LogP contribution in [0.5, 0.6) is 0 Å². The number of carbonyl (C=O) groups is 2. The van der Waals surface area contributed by atoms with Gasteiger partial charge < -0.3 is 14.6 Å². The van der Waals surface area contributed by atoms with E-state index in [9.17, 15) is 14.7 Å². The van der Waals surface area contributed by atoms with E-state index in [4.69, 9.17) is 9.47 Å². The third-order valence-electron chi connectivity index (χ3n) is 9.70. The van der Waals surface area contributed by atoms with Crippen LogP contribution in [-0.4, -0.2) is 48.1 Å². The molecule has 0 radical (unpaired) electrons. The Bertz CT molecular complexity index is 637. The molecule has 0 saturated heterocycles. The van der Waals surface area contributed by atoms with Crippen molar-refractivity contribution in [1.82, 2.24) is 4.90 Å². The largest absolute Gasteiger partial charge is 0.408 e. The lowest BCUT2D eigenvalue weighted by Gasteiger charge is -2.36. The third-order valence-corrected chi connectivity index (χ3v) is 9.70. The number of hydrogen-bond donors (Lipinski definition) is 1. The Balaban J connectivity index is 3.96. The zero-order chi connectivity index (χ0) is 34.7. The maximum atomic E-state index is 12.7. The van der Waals surface area contributed by atoms with Gasteiger partial charge in [-0.2, -0.15) is 0 Å². The van der Waals surface area contributed by atoms with Gasteiger partial charge >= 0.3 is 17.8 Å². The van der Waals surface area contributed by atoms with Crippen LogP contribution in [0.2, 0.25) is 0 Å². The van der Waals surface area contributed by atoms with E-state index in [1.165, 1.54) is 154 Å². The molecule has 0 amide bonds. The molecule has 0 aliphatic heterocycles. The summed E-state index contributed by atoms with van der Waals surface area (Å²) in [6, 6.07) is 0. The Morgan fingerprint density at radius 2 is 0.702 bits per heavy atom. The molecule has 0 unspecified atom stereocenters. The van der Waals surface area contributed by atoms with Crippen LogP contribution in [-0.2, 0) is 19.1 Å². The predicted molar refractivity (Wildman–Crippen MR) is 199 cm³/mol. The normalized spacial score (nSPS) is 11.8. The number of unbranched alkanes of at least 4 members (excludes halogenated alkanes) is 28. The Labute approximate surface area is 292 Å². The molecule has 0 heterocycles. The minimum Gasteiger partial charge on any atom is -0.408 e. The fourth-order valence-corrected chi connectivity index (χ4v) is 6.34. The Hall–Kier alpha value is -1.14. The van der Waals surface area contributed by atoms with E-state index < -0.39 is 5.91 Å². The van der Waals surface area contributed by atoms with Gasteiger partial charge in [0.25, 0.3) is 0 Å². The highest BCUT2D eigenvalue weighted by molar-refractivity contribution is 5.71. The van der Waals surface area contributed by atoms with Crippen molar-refractivity contribution in [2.75, 3.05) is 20.2 Å². The molecule has 0 fully saturated rings. The first kappa shape index (κ1) is 45.9. The van der Waals surface area contributed by atoms with Gasteiger partial charge in [0.2, 0.25) is 0 Å². The summed E-state index contributed by atoms with van der Waals surface area (Å²) in [6.07, 6.45) is 39.0. The van der Waals surface area contributed by atoms with E-state index in [2.05, 4.69) is 13.8 Å². The first-order valence-corrected chi connectivity index (χ1v) is 20.6. The second-order valence-corrected chi connectivity index (χ2v) is 14.4. The molecular formula is C41H81NO5. The van der Waals surface area contributed by atoms with E-state index in [-0.39, 0.29) is 25.1 Å². The van der Waals surface area contributed by atoms with Gasteiger partial charge in [0.1, 0.15) is 0 Å². The summed E-state index contributed by atoms with van der Waals surface area (Å²) in [5.74, 6) is -2.21. The number of hydrogen-bond acceptors (Lipinski definition) is 6. The average Bonchev–Trinajstić information content (AvgIpc) is 3.04. The molecule has 6 heteroatoms. The minimum absolute atomic E-state index is 0.112. The quantitative estimate of drug-likeness (QED) is 0.0404. The number of carbonyl (C=O) groups excluding carboxylic acids is 2. The summed E-state index contributed by atoms with van der Waals surface area (Å²) >= 11 is 0. The number of esters is 2. The molecule has 47 heavy (non-hydrogen) atoms. The molecule has 6 nitrogen and oxygen atoms in total. The van der Waals surface area contributed by atoms with Crippen LogP contribution in [0, 0.1) is 0 Å². The lowest BCUT2D eigenvalue weighted by atomic mass is 10.0. The van der Waals surface area contributed by atoms with Crippen molar-refractivity contribution in [1.29, 1.82) is 0 Å². The van der Waals surface area contributed by atoms with Gasteiger partial charge in [0.05, 0.1) is 6.61 Å². The second kappa shape index (κ2) is 34.7. The first-order chi connectivity index (χ1) is 22.9. The maximum absolute atomic E-state index is 12.7. The Kier molecular flexibility index (Phi) is 33.9. The summed E-state index contributed by atoms with van der Waals surface area (Å²) < 4.78 is 11.4. The van der Waals surface area contributed by atoms with Crippen molar-refractivity contribution < 1.29 is 24.2 Å². The number of aliphatic hydroxyl groups is 1. The standard InChI is InChI=1S/C41H81NO5/c1-5-7-9-11-13-15-17-19-21-23-25-27-29-31-33-35-39(44)46-41(3,42(4)37-38-43)47-40(45)36-34-32-30-28-26-24-22-20-18-16-14-12-10-8-6-2/h43H,5-38H2,1-4H3. The van der Waals surface area contributed by atoms with Gasteiger partial charge in [-0.1, -0.05) is 194 Å². The topological polar surface area (TPSA) is 76.1 Å². The van der Waals surface area contributed by atoms with E-state index in [1.807, 2.05) is 0 Å². The molecule has 280 valence electrons. The molecule has 0 aromatic heterocycles. The van der Waals surface area contributed by atoms with Crippen molar-refractivity contribution in [2.24, 2.45) is 0 Å². The Morgan fingerprint density at radius 1 is 0.468 bits per heavy atom. The van der Waals surface area contributed by atoms with E-state index >= 15 is 0 Å². The smallest absolute Gasteiger partial charge is 0.317 e.